The summed E-state index contributed by atoms with van der Waals surface area (Å²) in [6, 6.07) is 14.4. The molecule has 1 atom stereocenters. The van der Waals surface area contributed by atoms with Gasteiger partial charge in [-0.2, -0.15) is 0 Å². The maximum absolute atomic E-state index is 13.6. The Kier molecular flexibility index (Phi) is 6.87. The molecule has 1 aromatic carbocycles. The van der Waals surface area contributed by atoms with Gasteiger partial charge in [-0.25, -0.2) is 0 Å². The fourth-order valence-electron chi connectivity index (χ4n) is 4.25. The molecular formula is C25H28N2O3S. The summed E-state index contributed by atoms with van der Waals surface area (Å²) in [5, 5.41) is 5.16. The Hall–Kier alpha value is -2.86. The van der Waals surface area contributed by atoms with Crippen LogP contribution in [0.1, 0.15) is 54.3 Å². The molecule has 0 radical (unpaired) electrons. The molecule has 2 aromatic heterocycles. The van der Waals surface area contributed by atoms with E-state index in [0.29, 0.717) is 5.76 Å². The first-order valence-corrected chi connectivity index (χ1v) is 11.8. The molecule has 0 bridgehead atoms. The van der Waals surface area contributed by atoms with Gasteiger partial charge in [0.25, 0.3) is 5.91 Å². The Balaban J connectivity index is 1.71. The van der Waals surface area contributed by atoms with Crippen LogP contribution in [0.5, 0.6) is 0 Å². The summed E-state index contributed by atoms with van der Waals surface area (Å²) < 4.78 is 5.68. The fraction of sp³-hybridized carbons (Fsp3) is 0.360. The lowest BCUT2D eigenvalue weighted by atomic mass is 9.95. The SMILES string of the molecule is Cc1ccccc1N(C(=O)Cc1cccs1)[C@@H](C(=O)NC1CCCCC1)c1ccco1. The van der Waals surface area contributed by atoms with E-state index in [2.05, 4.69) is 5.32 Å². The van der Waals surface area contributed by atoms with Crippen molar-refractivity contribution in [3.05, 3.63) is 76.4 Å². The van der Waals surface area contributed by atoms with E-state index in [9.17, 15) is 9.59 Å². The van der Waals surface area contributed by atoms with Crippen LogP contribution in [-0.4, -0.2) is 17.9 Å². The molecule has 5 nitrogen and oxygen atoms in total. The smallest absolute Gasteiger partial charge is 0.251 e. The summed E-state index contributed by atoms with van der Waals surface area (Å²) in [7, 11) is 0. The number of hydrogen-bond donors (Lipinski definition) is 1. The highest BCUT2D eigenvalue weighted by Gasteiger charge is 2.36. The Bertz CT molecular complexity index is 992. The fourth-order valence-corrected chi connectivity index (χ4v) is 4.94. The first-order chi connectivity index (χ1) is 15.1. The predicted octanol–water partition coefficient (Wildman–Crippen LogP) is 5.42. The number of nitrogens with zero attached hydrogens (tertiary/aromatic N) is 1. The topological polar surface area (TPSA) is 62.6 Å². The van der Waals surface area contributed by atoms with Gasteiger partial charge < -0.3 is 9.73 Å². The van der Waals surface area contributed by atoms with Gasteiger partial charge in [0.15, 0.2) is 6.04 Å². The first kappa shape index (κ1) is 21.4. The number of carbonyl (C=O) groups excluding carboxylic acids is 2. The summed E-state index contributed by atoms with van der Waals surface area (Å²) in [5.41, 5.74) is 1.66. The number of anilines is 1. The van der Waals surface area contributed by atoms with E-state index in [0.717, 1.165) is 41.8 Å². The molecule has 0 saturated heterocycles. The van der Waals surface area contributed by atoms with Gasteiger partial charge in [-0.1, -0.05) is 43.5 Å². The maximum Gasteiger partial charge on any atom is 0.251 e. The highest BCUT2D eigenvalue weighted by atomic mass is 32.1. The minimum absolute atomic E-state index is 0.128. The van der Waals surface area contributed by atoms with Crippen molar-refractivity contribution in [3.63, 3.8) is 0 Å². The van der Waals surface area contributed by atoms with E-state index < -0.39 is 6.04 Å². The van der Waals surface area contributed by atoms with E-state index in [-0.39, 0.29) is 24.3 Å². The third kappa shape index (κ3) is 5.07. The van der Waals surface area contributed by atoms with Gasteiger partial charge in [0.2, 0.25) is 5.91 Å². The number of para-hydroxylation sites is 1. The van der Waals surface area contributed by atoms with E-state index in [4.69, 9.17) is 4.42 Å². The minimum Gasteiger partial charge on any atom is -0.467 e. The number of thiophene rings is 1. The largest absolute Gasteiger partial charge is 0.467 e. The average Bonchev–Trinajstić information content (AvgIpc) is 3.47. The molecule has 0 spiro atoms. The number of nitrogens with one attached hydrogen (secondary N) is 1. The van der Waals surface area contributed by atoms with Crippen LogP contribution in [-0.2, 0) is 16.0 Å². The van der Waals surface area contributed by atoms with Crippen LogP contribution in [0.3, 0.4) is 0 Å². The molecule has 2 amide bonds. The lowest BCUT2D eigenvalue weighted by Crippen LogP contribution is -2.47. The zero-order valence-electron chi connectivity index (χ0n) is 17.8. The van der Waals surface area contributed by atoms with Crippen LogP contribution < -0.4 is 10.2 Å². The van der Waals surface area contributed by atoms with Crippen LogP contribution >= 0.6 is 11.3 Å². The van der Waals surface area contributed by atoms with E-state index in [1.807, 2.05) is 48.7 Å². The van der Waals surface area contributed by atoms with E-state index in [1.54, 1.807) is 34.6 Å². The van der Waals surface area contributed by atoms with E-state index in [1.165, 1.54) is 6.42 Å². The third-order valence-electron chi connectivity index (χ3n) is 5.82. The monoisotopic (exact) mass is 436 g/mol. The van der Waals surface area contributed by atoms with Gasteiger partial charge in [0.05, 0.1) is 12.7 Å². The van der Waals surface area contributed by atoms with Crippen molar-refractivity contribution >= 4 is 28.8 Å². The quantitative estimate of drug-likeness (QED) is 0.538. The number of hydrogen-bond acceptors (Lipinski definition) is 4. The van der Waals surface area contributed by atoms with Crippen LogP contribution in [0.4, 0.5) is 5.69 Å². The minimum atomic E-state index is -0.856. The van der Waals surface area contributed by atoms with Crippen molar-refractivity contribution in [1.29, 1.82) is 0 Å². The van der Waals surface area contributed by atoms with Crippen molar-refractivity contribution in [2.45, 2.75) is 57.5 Å². The number of carbonyl (C=O) groups is 2. The van der Waals surface area contributed by atoms with Crippen molar-refractivity contribution in [2.24, 2.45) is 0 Å². The average molecular weight is 437 g/mol. The van der Waals surface area contributed by atoms with Crippen molar-refractivity contribution in [2.75, 3.05) is 4.90 Å². The molecule has 2 heterocycles. The van der Waals surface area contributed by atoms with Crippen LogP contribution in [0.25, 0.3) is 0 Å². The Morgan fingerprint density at radius 1 is 1.10 bits per heavy atom. The van der Waals surface area contributed by atoms with Gasteiger partial charge in [-0.3, -0.25) is 14.5 Å². The number of amides is 2. The molecule has 1 aliphatic carbocycles. The zero-order valence-corrected chi connectivity index (χ0v) is 18.6. The van der Waals surface area contributed by atoms with Crippen molar-refractivity contribution in [3.8, 4) is 0 Å². The van der Waals surface area contributed by atoms with Crippen LogP contribution in [0, 0.1) is 6.92 Å². The Labute approximate surface area is 187 Å². The standard InChI is InChI=1S/C25H28N2O3S/c1-18-9-5-6-13-21(18)27(23(28)17-20-12-8-16-31-20)24(22-14-7-15-30-22)25(29)26-19-10-3-2-4-11-19/h5-9,12-16,19,24H,2-4,10-11,17H2,1H3,(H,26,29)/t24-/m1/s1. The summed E-state index contributed by atoms with van der Waals surface area (Å²) in [5.74, 6) is 0.151. The van der Waals surface area contributed by atoms with Crippen molar-refractivity contribution in [1.82, 2.24) is 5.32 Å². The van der Waals surface area contributed by atoms with Crippen molar-refractivity contribution < 1.29 is 14.0 Å². The molecule has 4 rings (SSSR count). The number of rotatable bonds is 7. The molecule has 1 aliphatic rings. The Morgan fingerprint density at radius 2 is 1.90 bits per heavy atom. The lowest BCUT2D eigenvalue weighted by molar-refractivity contribution is -0.127. The predicted molar refractivity (Wildman–Crippen MR) is 123 cm³/mol. The number of furan rings is 1. The summed E-state index contributed by atoms with van der Waals surface area (Å²) in [4.78, 5) is 29.8. The molecule has 1 saturated carbocycles. The molecule has 0 unspecified atom stereocenters. The van der Waals surface area contributed by atoms with Gasteiger partial charge in [0.1, 0.15) is 5.76 Å². The van der Waals surface area contributed by atoms with E-state index >= 15 is 0 Å². The highest BCUT2D eigenvalue weighted by molar-refractivity contribution is 7.10. The summed E-state index contributed by atoms with van der Waals surface area (Å²) in [6.07, 6.45) is 7.19. The number of aryl methyl sites for hydroxylation is 1. The normalized spacial score (nSPS) is 15.4. The molecule has 162 valence electrons. The molecule has 3 aromatic rings. The van der Waals surface area contributed by atoms with Crippen LogP contribution in [0.15, 0.2) is 64.6 Å². The first-order valence-electron chi connectivity index (χ1n) is 10.9. The highest BCUT2D eigenvalue weighted by Crippen LogP contribution is 2.32. The number of benzene rings is 1. The third-order valence-corrected chi connectivity index (χ3v) is 6.70. The molecule has 1 fully saturated rings. The lowest BCUT2D eigenvalue weighted by Gasteiger charge is -2.33. The Morgan fingerprint density at radius 3 is 2.58 bits per heavy atom. The van der Waals surface area contributed by atoms with Gasteiger partial charge in [0, 0.05) is 16.6 Å². The second-order valence-electron chi connectivity index (χ2n) is 8.07. The zero-order chi connectivity index (χ0) is 21.6. The molecule has 6 heteroatoms. The molecule has 0 aliphatic heterocycles. The molecular weight excluding hydrogens is 408 g/mol. The molecule has 31 heavy (non-hydrogen) atoms. The second-order valence-corrected chi connectivity index (χ2v) is 9.10. The van der Waals surface area contributed by atoms with Gasteiger partial charge in [-0.15, -0.1) is 11.3 Å². The second kappa shape index (κ2) is 9.96. The summed E-state index contributed by atoms with van der Waals surface area (Å²) >= 11 is 1.54. The van der Waals surface area contributed by atoms with Gasteiger partial charge >= 0.3 is 0 Å². The molecule has 1 N–H and O–H groups in total. The van der Waals surface area contributed by atoms with Gasteiger partial charge in [-0.05, 0) is 55.0 Å². The maximum atomic E-state index is 13.6. The van der Waals surface area contributed by atoms with Crippen LogP contribution in [0.2, 0.25) is 0 Å². The summed E-state index contributed by atoms with van der Waals surface area (Å²) in [6.45, 7) is 1.96.